The van der Waals surface area contributed by atoms with E-state index < -0.39 is 0 Å². The van der Waals surface area contributed by atoms with Gasteiger partial charge in [-0.25, -0.2) is 0 Å². The Hall–Kier alpha value is -2.20. The molecule has 0 saturated carbocycles. The minimum Gasteiger partial charge on any atom is -0.493 e. The Labute approximate surface area is 148 Å². The molecule has 1 N–H and O–H groups in total. The van der Waals surface area contributed by atoms with Crippen molar-refractivity contribution in [2.24, 2.45) is 11.0 Å². The normalized spacial score (nSPS) is 11.1. The van der Waals surface area contributed by atoms with E-state index in [0.29, 0.717) is 23.3 Å². The molecule has 0 fully saturated rings. The first-order valence-electron chi connectivity index (χ1n) is 7.85. The van der Waals surface area contributed by atoms with Gasteiger partial charge in [-0.1, -0.05) is 31.5 Å². The summed E-state index contributed by atoms with van der Waals surface area (Å²) >= 11 is 6.10. The SMILES string of the molecule is COc1cc(C=NNc2ccc(C)c(Cl)c2)ccc1OCC(C)C. The van der Waals surface area contributed by atoms with E-state index in [4.69, 9.17) is 21.1 Å². The van der Waals surface area contributed by atoms with Crippen LogP contribution in [0.1, 0.15) is 25.0 Å². The summed E-state index contributed by atoms with van der Waals surface area (Å²) in [5.41, 5.74) is 5.75. The number of halogens is 1. The maximum Gasteiger partial charge on any atom is 0.161 e. The summed E-state index contributed by atoms with van der Waals surface area (Å²) in [6.45, 7) is 6.83. The molecule has 0 radical (unpaired) electrons. The van der Waals surface area contributed by atoms with Crippen LogP contribution in [0.5, 0.6) is 11.5 Å². The van der Waals surface area contributed by atoms with Crippen LogP contribution in [-0.4, -0.2) is 19.9 Å². The second-order valence-corrected chi connectivity index (χ2v) is 6.36. The predicted octanol–water partition coefficient (Wildman–Crippen LogP) is 5.14. The molecule has 0 spiro atoms. The van der Waals surface area contributed by atoms with Crippen molar-refractivity contribution in [1.82, 2.24) is 0 Å². The summed E-state index contributed by atoms with van der Waals surface area (Å²) in [6, 6.07) is 11.4. The molecule has 2 aromatic carbocycles. The lowest BCUT2D eigenvalue weighted by Crippen LogP contribution is -2.05. The van der Waals surface area contributed by atoms with E-state index >= 15 is 0 Å². The van der Waals surface area contributed by atoms with Gasteiger partial charge in [0, 0.05) is 5.02 Å². The van der Waals surface area contributed by atoms with E-state index in [0.717, 1.165) is 22.6 Å². The molecule has 4 nitrogen and oxygen atoms in total. The van der Waals surface area contributed by atoms with Gasteiger partial charge in [0.1, 0.15) is 0 Å². The summed E-state index contributed by atoms with van der Waals surface area (Å²) in [7, 11) is 1.63. The fourth-order valence-electron chi connectivity index (χ4n) is 1.98. The first-order valence-corrected chi connectivity index (χ1v) is 8.23. The molecule has 0 amide bonds. The molecule has 2 rings (SSSR count). The summed E-state index contributed by atoms with van der Waals surface area (Å²) in [5, 5.41) is 4.94. The number of ether oxygens (including phenoxy) is 2. The highest BCUT2D eigenvalue weighted by molar-refractivity contribution is 6.31. The quantitative estimate of drug-likeness (QED) is 0.557. The summed E-state index contributed by atoms with van der Waals surface area (Å²) < 4.78 is 11.1. The van der Waals surface area contributed by atoms with Gasteiger partial charge in [-0.3, -0.25) is 5.43 Å². The Morgan fingerprint density at radius 1 is 1.17 bits per heavy atom. The van der Waals surface area contributed by atoms with Gasteiger partial charge < -0.3 is 9.47 Å². The molecule has 0 unspecified atom stereocenters. The second kappa shape index (κ2) is 8.60. The number of anilines is 1. The molecule has 2 aromatic rings. The lowest BCUT2D eigenvalue weighted by atomic mass is 10.2. The molecular weight excluding hydrogens is 324 g/mol. The van der Waals surface area contributed by atoms with Crippen molar-refractivity contribution in [3.63, 3.8) is 0 Å². The largest absolute Gasteiger partial charge is 0.493 e. The van der Waals surface area contributed by atoms with Gasteiger partial charge in [0.15, 0.2) is 11.5 Å². The third kappa shape index (κ3) is 5.17. The lowest BCUT2D eigenvalue weighted by molar-refractivity contribution is 0.257. The Balaban J connectivity index is 2.04. The molecule has 0 atom stereocenters. The van der Waals surface area contributed by atoms with Crippen LogP contribution in [0.15, 0.2) is 41.5 Å². The van der Waals surface area contributed by atoms with Crippen LogP contribution in [0, 0.1) is 12.8 Å². The summed E-state index contributed by atoms with van der Waals surface area (Å²) in [6.07, 6.45) is 1.72. The molecule has 0 aromatic heterocycles. The number of hydrazone groups is 1. The maximum atomic E-state index is 6.10. The second-order valence-electron chi connectivity index (χ2n) is 5.95. The van der Waals surface area contributed by atoms with Gasteiger partial charge in [-0.2, -0.15) is 5.10 Å². The molecule has 0 heterocycles. The first kappa shape index (κ1) is 18.1. The van der Waals surface area contributed by atoms with Gasteiger partial charge >= 0.3 is 0 Å². The van der Waals surface area contributed by atoms with Crippen LogP contribution in [-0.2, 0) is 0 Å². The fourth-order valence-corrected chi connectivity index (χ4v) is 2.16. The van der Waals surface area contributed by atoms with E-state index in [2.05, 4.69) is 24.4 Å². The smallest absolute Gasteiger partial charge is 0.161 e. The van der Waals surface area contributed by atoms with Crippen LogP contribution in [0.2, 0.25) is 5.02 Å². The van der Waals surface area contributed by atoms with E-state index in [1.807, 2.05) is 43.3 Å². The molecule has 0 aliphatic rings. The molecule has 0 bridgehead atoms. The lowest BCUT2D eigenvalue weighted by Gasteiger charge is -2.12. The average Bonchev–Trinajstić information content (AvgIpc) is 2.56. The van der Waals surface area contributed by atoms with Gasteiger partial charge in [0.2, 0.25) is 0 Å². The topological polar surface area (TPSA) is 42.8 Å². The molecule has 0 aliphatic heterocycles. The minimum absolute atomic E-state index is 0.460. The monoisotopic (exact) mass is 346 g/mol. The molecule has 5 heteroatoms. The number of aryl methyl sites for hydroxylation is 1. The Morgan fingerprint density at radius 2 is 1.96 bits per heavy atom. The Kier molecular flexibility index (Phi) is 6.50. The zero-order valence-electron chi connectivity index (χ0n) is 14.5. The number of hydrogen-bond acceptors (Lipinski definition) is 4. The number of nitrogens with zero attached hydrogens (tertiary/aromatic N) is 1. The van der Waals surface area contributed by atoms with Gasteiger partial charge in [0.25, 0.3) is 0 Å². The van der Waals surface area contributed by atoms with Crippen LogP contribution >= 0.6 is 11.6 Å². The third-order valence-corrected chi connectivity index (χ3v) is 3.75. The maximum absolute atomic E-state index is 6.10. The van der Waals surface area contributed by atoms with Crippen molar-refractivity contribution in [3.8, 4) is 11.5 Å². The molecule has 0 saturated heterocycles. The van der Waals surface area contributed by atoms with E-state index in [1.54, 1.807) is 13.3 Å². The van der Waals surface area contributed by atoms with E-state index in [-0.39, 0.29) is 0 Å². The number of nitrogens with one attached hydrogen (secondary N) is 1. The van der Waals surface area contributed by atoms with Crippen molar-refractivity contribution < 1.29 is 9.47 Å². The van der Waals surface area contributed by atoms with Gasteiger partial charge in [0.05, 0.1) is 25.6 Å². The first-order chi connectivity index (χ1) is 11.5. The number of hydrogen-bond donors (Lipinski definition) is 1. The van der Waals surface area contributed by atoms with E-state index in [9.17, 15) is 0 Å². The zero-order valence-corrected chi connectivity index (χ0v) is 15.2. The Bertz CT molecular complexity index is 715. The number of methoxy groups -OCH3 is 1. The molecule has 128 valence electrons. The standard InChI is InChI=1S/C19H23ClN2O2/c1-13(2)12-24-18-8-6-15(9-19(18)23-4)11-21-22-16-7-5-14(3)17(20)10-16/h5-11,13,22H,12H2,1-4H3. The van der Waals surface area contributed by atoms with Crippen molar-refractivity contribution in [3.05, 3.63) is 52.5 Å². The van der Waals surface area contributed by atoms with Crippen molar-refractivity contribution in [1.29, 1.82) is 0 Å². The fraction of sp³-hybridized carbons (Fsp3) is 0.316. The molecule has 0 aliphatic carbocycles. The van der Waals surface area contributed by atoms with Crippen molar-refractivity contribution in [2.45, 2.75) is 20.8 Å². The summed E-state index contributed by atoms with van der Waals surface area (Å²) in [5.74, 6) is 1.89. The van der Waals surface area contributed by atoms with Crippen LogP contribution in [0.25, 0.3) is 0 Å². The highest BCUT2D eigenvalue weighted by atomic mass is 35.5. The van der Waals surface area contributed by atoms with Crippen LogP contribution < -0.4 is 14.9 Å². The molecule has 24 heavy (non-hydrogen) atoms. The third-order valence-electron chi connectivity index (χ3n) is 3.34. The Morgan fingerprint density at radius 3 is 2.62 bits per heavy atom. The van der Waals surface area contributed by atoms with Crippen molar-refractivity contribution in [2.75, 3.05) is 19.1 Å². The van der Waals surface area contributed by atoms with Crippen LogP contribution in [0.4, 0.5) is 5.69 Å². The van der Waals surface area contributed by atoms with Crippen molar-refractivity contribution >= 4 is 23.5 Å². The van der Waals surface area contributed by atoms with Gasteiger partial charge in [-0.05, 0) is 54.3 Å². The minimum atomic E-state index is 0.460. The van der Waals surface area contributed by atoms with Crippen LogP contribution in [0.3, 0.4) is 0 Å². The summed E-state index contributed by atoms with van der Waals surface area (Å²) in [4.78, 5) is 0. The zero-order chi connectivity index (χ0) is 17.5. The van der Waals surface area contributed by atoms with Gasteiger partial charge in [-0.15, -0.1) is 0 Å². The highest BCUT2D eigenvalue weighted by Crippen LogP contribution is 2.28. The predicted molar refractivity (Wildman–Crippen MR) is 101 cm³/mol. The average molecular weight is 347 g/mol. The number of rotatable bonds is 7. The number of benzene rings is 2. The molecular formula is C19H23ClN2O2. The van der Waals surface area contributed by atoms with E-state index in [1.165, 1.54) is 0 Å². The highest BCUT2D eigenvalue weighted by Gasteiger charge is 2.06.